The molecule has 1 aliphatic rings. The van der Waals surface area contributed by atoms with Gasteiger partial charge >= 0.3 is 0 Å². The number of hydrogen-bond donors (Lipinski definition) is 1. The van der Waals surface area contributed by atoms with Crippen LogP contribution < -0.4 is 10.6 Å². The van der Waals surface area contributed by atoms with Gasteiger partial charge in [0.05, 0.1) is 0 Å². The molecular weight excluding hydrogens is 152 g/mol. The van der Waals surface area contributed by atoms with Crippen molar-refractivity contribution in [3.8, 4) is 5.75 Å². The number of anilines is 1. The highest BCUT2D eigenvalue weighted by Crippen LogP contribution is 2.26. The summed E-state index contributed by atoms with van der Waals surface area (Å²) in [5.41, 5.74) is 7.39. The van der Waals surface area contributed by atoms with E-state index in [0.29, 0.717) is 0 Å². The first-order valence-electron chi connectivity index (χ1n) is 3.74. The van der Waals surface area contributed by atoms with E-state index in [1.807, 2.05) is 37.5 Å². The monoisotopic (exact) mass is 162 g/mol. The molecule has 1 heterocycles. The Kier molecular flexibility index (Phi) is 1.43. The fourth-order valence-corrected chi connectivity index (χ4v) is 1.15. The van der Waals surface area contributed by atoms with Gasteiger partial charge in [0, 0.05) is 24.5 Å². The standard InChI is InChI=1S/C9H10N2O/c1-11-5-4-7-6-8(10)2-3-9(7)12-11/h2-6H,10H2,1H3. The van der Waals surface area contributed by atoms with Crippen molar-refractivity contribution in [2.24, 2.45) is 0 Å². The minimum atomic E-state index is 0.756. The largest absolute Gasteiger partial charge is 0.399 e. The zero-order valence-corrected chi connectivity index (χ0v) is 6.82. The van der Waals surface area contributed by atoms with E-state index in [0.717, 1.165) is 17.0 Å². The molecule has 0 bridgehead atoms. The first-order chi connectivity index (χ1) is 5.75. The molecule has 1 aliphatic heterocycles. The highest BCUT2D eigenvalue weighted by atomic mass is 16.7. The number of nitrogen functional groups attached to an aromatic ring is 1. The molecule has 1 aromatic rings. The van der Waals surface area contributed by atoms with Crippen LogP contribution in [0.4, 0.5) is 5.69 Å². The van der Waals surface area contributed by atoms with Gasteiger partial charge in [-0.05, 0) is 24.3 Å². The molecule has 3 heteroatoms. The fraction of sp³-hybridized carbons (Fsp3) is 0.111. The van der Waals surface area contributed by atoms with E-state index in [4.69, 9.17) is 10.6 Å². The third-order valence-electron chi connectivity index (χ3n) is 1.74. The van der Waals surface area contributed by atoms with Gasteiger partial charge in [-0.1, -0.05) is 0 Å². The molecule has 3 nitrogen and oxygen atoms in total. The number of rotatable bonds is 0. The lowest BCUT2D eigenvalue weighted by atomic mass is 10.1. The Morgan fingerprint density at radius 1 is 1.42 bits per heavy atom. The van der Waals surface area contributed by atoms with Gasteiger partial charge in [0.2, 0.25) is 0 Å². The van der Waals surface area contributed by atoms with Crippen LogP contribution in [0.5, 0.6) is 5.75 Å². The molecule has 0 unspecified atom stereocenters. The number of nitrogens with two attached hydrogens (primary N) is 1. The second-order valence-electron chi connectivity index (χ2n) is 2.75. The van der Waals surface area contributed by atoms with Crippen LogP contribution in [0, 0.1) is 0 Å². The van der Waals surface area contributed by atoms with Gasteiger partial charge in [-0.25, -0.2) is 5.06 Å². The Morgan fingerprint density at radius 3 is 3.08 bits per heavy atom. The zero-order valence-electron chi connectivity index (χ0n) is 6.82. The van der Waals surface area contributed by atoms with E-state index < -0.39 is 0 Å². The van der Waals surface area contributed by atoms with Crippen molar-refractivity contribution >= 4 is 11.8 Å². The van der Waals surface area contributed by atoms with Gasteiger partial charge in [-0.15, -0.1) is 0 Å². The maximum absolute atomic E-state index is 5.61. The van der Waals surface area contributed by atoms with E-state index in [1.165, 1.54) is 0 Å². The molecule has 0 aliphatic carbocycles. The van der Waals surface area contributed by atoms with E-state index in [-0.39, 0.29) is 0 Å². The molecule has 0 radical (unpaired) electrons. The molecule has 12 heavy (non-hydrogen) atoms. The van der Waals surface area contributed by atoms with Crippen molar-refractivity contribution in [3.05, 3.63) is 30.0 Å². The highest BCUT2D eigenvalue weighted by molar-refractivity contribution is 5.63. The summed E-state index contributed by atoms with van der Waals surface area (Å²) < 4.78 is 0. The van der Waals surface area contributed by atoms with Crippen molar-refractivity contribution in [2.45, 2.75) is 0 Å². The SMILES string of the molecule is CN1C=Cc2cc(N)ccc2O1. The third-order valence-corrected chi connectivity index (χ3v) is 1.74. The number of hydrogen-bond acceptors (Lipinski definition) is 3. The van der Waals surface area contributed by atoms with Crippen LogP contribution in [-0.4, -0.2) is 12.1 Å². The first kappa shape index (κ1) is 7.03. The number of fused-ring (bicyclic) bond motifs is 1. The Bertz CT molecular complexity index is 333. The van der Waals surface area contributed by atoms with Crippen LogP contribution in [0.15, 0.2) is 24.4 Å². The minimum absolute atomic E-state index is 0.756. The third kappa shape index (κ3) is 1.09. The smallest absolute Gasteiger partial charge is 0.162 e. The Hall–Kier alpha value is -1.64. The second kappa shape index (κ2) is 2.44. The lowest BCUT2D eigenvalue weighted by Crippen LogP contribution is -2.18. The Morgan fingerprint density at radius 2 is 2.25 bits per heavy atom. The summed E-state index contributed by atoms with van der Waals surface area (Å²) in [5, 5.41) is 1.65. The fourth-order valence-electron chi connectivity index (χ4n) is 1.15. The van der Waals surface area contributed by atoms with Crippen LogP contribution >= 0.6 is 0 Å². The van der Waals surface area contributed by atoms with Crippen molar-refractivity contribution < 1.29 is 4.84 Å². The molecule has 0 saturated heterocycles. The van der Waals surface area contributed by atoms with Crippen molar-refractivity contribution in [1.82, 2.24) is 5.06 Å². The summed E-state index contributed by atoms with van der Waals surface area (Å²) in [4.78, 5) is 5.38. The molecule has 1 aromatic carbocycles. The summed E-state index contributed by atoms with van der Waals surface area (Å²) in [5.74, 6) is 0.842. The molecule has 2 N–H and O–H groups in total. The predicted octanol–water partition coefficient (Wildman–Crippen LogP) is 1.48. The Labute approximate surface area is 71.0 Å². The molecule has 0 spiro atoms. The van der Waals surface area contributed by atoms with Gasteiger partial charge < -0.3 is 10.6 Å². The molecule has 0 saturated carbocycles. The molecule has 0 atom stereocenters. The molecule has 0 amide bonds. The van der Waals surface area contributed by atoms with Gasteiger partial charge in [0.25, 0.3) is 0 Å². The normalized spacial score (nSPS) is 13.9. The average molecular weight is 162 g/mol. The minimum Gasteiger partial charge on any atom is -0.399 e. The van der Waals surface area contributed by atoms with E-state index in [1.54, 1.807) is 5.06 Å². The van der Waals surface area contributed by atoms with Gasteiger partial charge in [0.1, 0.15) is 0 Å². The number of nitrogens with zero attached hydrogens (tertiary/aromatic N) is 1. The lowest BCUT2D eigenvalue weighted by molar-refractivity contribution is 0.0188. The lowest BCUT2D eigenvalue weighted by Gasteiger charge is -2.20. The summed E-state index contributed by atoms with van der Waals surface area (Å²) in [6.45, 7) is 0. The molecule has 0 aromatic heterocycles. The molecule has 62 valence electrons. The summed E-state index contributed by atoms with van der Waals surface area (Å²) >= 11 is 0. The number of benzene rings is 1. The second-order valence-corrected chi connectivity index (χ2v) is 2.75. The molecule has 0 fully saturated rings. The predicted molar refractivity (Wildman–Crippen MR) is 48.3 cm³/mol. The van der Waals surface area contributed by atoms with E-state index in [9.17, 15) is 0 Å². The molecular formula is C9H10N2O. The zero-order chi connectivity index (χ0) is 8.55. The summed E-state index contributed by atoms with van der Waals surface area (Å²) in [7, 11) is 1.84. The van der Waals surface area contributed by atoms with Crippen molar-refractivity contribution in [2.75, 3.05) is 12.8 Å². The van der Waals surface area contributed by atoms with Crippen LogP contribution in [0.2, 0.25) is 0 Å². The highest BCUT2D eigenvalue weighted by Gasteiger charge is 2.07. The van der Waals surface area contributed by atoms with Crippen LogP contribution in [0.1, 0.15) is 5.56 Å². The van der Waals surface area contributed by atoms with E-state index in [2.05, 4.69) is 0 Å². The van der Waals surface area contributed by atoms with Crippen LogP contribution in [-0.2, 0) is 0 Å². The number of hydroxylamine groups is 2. The Balaban J connectivity index is 2.47. The van der Waals surface area contributed by atoms with Gasteiger partial charge in [-0.3, -0.25) is 0 Å². The topological polar surface area (TPSA) is 38.5 Å². The quantitative estimate of drug-likeness (QED) is 0.587. The average Bonchev–Trinajstić information content (AvgIpc) is 2.05. The summed E-state index contributed by atoms with van der Waals surface area (Å²) in [6.07, 6.45) is 3.82. The van der Waals surface area contributed by atoms with Crippen LogP contribution in [0.3, 0.4) is 0 Å². The maximum Gasteiger partial charge on any atom is 0.162 e. The van der Waals surface area contributed by atoms with Gasteiger partial charge in [-0.2, -0.15) is 0 Å². The summed E-state index contributed by atoms with van der Waals surface area (Å²) in [6, 6.07) is 5.58. The van der Waals surface area contributed by atoms with Gasteiger partial charge in [0.15, 0.2) is 5.75 Å². The van der Waals surface area contributed by atoms with Crippen LogP contribution in [0.25, 0.3) is 6.08 Å². The molecule has 2 rings (SSSR count). The van der Waals surface area contributed by atoms with Crippen molar-refractivity contribution in [1.29, 1.82) is 0 Å². The van der Waals surface area contributed by atoms with Crippen molar-refractivity contribution in [3.63, 3.8) is 0 Å². The maximum atomic E-state index is 5.61. The van der Waals surface area contributed by atoms with E-state index >= 15 is 0 Å². The first-order valence-corrected chi connectivity index (χ1v) is 3.74.